The first-order valence-electron chi connectivity index (χ1n) is 12.0. The molecular weight excluding hydrogens is 440 g/mol. The Morgan fingerprint density at radius 3 is 2.03 bits per heavy atom. The van der Waals surface area contributed by atoms with Crippen LogP contribution in [0.1, 0.15) is 52.0 Å². The van der Waals surface area contributed by atoms with Crippen LogP contribution in [0.5, 0.6) is 5.75 Å². The van der Waals surface area contributed by atoms with Crippen molar-refractivity contribution in [2.24, 2.45) is 0 Å². The third kappa shape index (κ3) is 6.18. The zero-order valence-electron chi connectivity index (χ0n) is 20.5. The minimum absolute atomic E-state index is 0.174. The normalized spacial score (nSPS) is 13.6. The molecule has 0 heterocycles. The van der Waals surface area contributed by atoms with Crippen molar-refractivity contribution in [3.8, 4) is 5.75 Å². The van der Waals surface area contributed by atoms with E-state index in [4.69, 9.17) is 14.2 Å². The Labute approximate surface area is 207 Å². The first kappa shape index (κ1) is 24.7. The number of hydrogen-bond donors (Lipinski definition) is 1. The summed E-state index contributed by atoms with van der Waals surface area (Å²) in [5, 5.41) is 9.27. The zero-order chi connectivity index (χ0) is 24.8. The van der Waals surface area contributed by atoms with Gasteiger partial charge in [0.1, 0.15) is 18.5 Å². The molecule has 3 aromatic carbocycles. The van der Waals surface area contributed by atoms with Crippen molar-refractivity contribution in [3.63, 3.8) is 0 Å². The summed E-state index contributed by atoms with van der Waals surface area (Å²) in [7, 11) is 0. The molecule has 0 aromatic heterocycles. The minimum Gasteiger partial charge on any atom is -0.491 e. The van der Waals surface area contributed by atoms with Crippen molar-refractivity contribution in [3.05, 3.63) is 99.6 Å². The molecule has 3 aromatic rings. The lowest BCUT2D eigenvalue weighted by Crippen LogP contribution is -2.26. The quantitative estimate of drug-likeness (QED) is 0.367. The van der Waals surface area contributed by atoms with E-state index in [0.717, 1.165) is 33.6 Å². The van der Waals surface area contributed by atoms with Crippen molar-refractivity contribution in [1.29, 1.82) is 0 Å². The van der Waals surface area contributed by atoms with Gasteiger partial charge in [0, 0.05) is 13.0 Å². The summed E-state index contributed by atoms with van der Waals surface area (Å²) in [6.45, 7) is 7.19. The molecule has 0 saturated heterocycles. The summed E-state index contributed by atoms with van der Waals surface area (Å²) in [5.41, 5.74) is 7.95. The van der Waals surface area contributed by atoms with Gasteiger partial charge in [0.2, 0.25) is 0 Å². The maximum absolute atomic E-state index is 11.3. The van der Waals surface area contributed by atoms with Gasteiger partial charge in [-0.3, -0.25) is 0 Å². The maximum atomic E-state index is 11.3. The number of hydrogen-bond acceptors (Lipinski definition) is 4. The van der Waals surface area contributed by atoms with Gasteiger partial charge in [-0.2, -0.15) is 0 Å². The van der Waals surface area contributed by atoms with Crippen LogP contribution < -0.4 is 4.74 Å². The van der Waals surface area contributed by atoms with Crippen molar-refractivity contribution in [1.82, 2.24) is 0 Å². The molecule has 0 saturated carbocycles. The second-order valence-electron chi connectivity index (χ2n) is 8.83. The number of benzene rings is 3. The third-order valence-electron chi connectivity index (χ3n) is 6.12. The molecule has 1 unspecified atom stereocenters. The molecule has 1 aliphatic rings. The molecule has 0 radical (unpaired) electrons. The van der Waals surface area contributed by atoms with Crippen LogP contribution in [0.25, 0.3) is 12.2 Å². The van der Waals surface area contributed by atoms with Crippen LogP contribution in [0, 0.1) is 13.8 Å². The Morgan fingerprint density at radius 2 is 1.49 bits per heavy atom. The molecular formula is C30H32O5. The Bertz CT molecular complexity index is 1140. The predicted molar refractivity (Wildman–Crippen MR) is 138 cm³/mol. The van der Waals surface area contributed by atoms with E-state index in [0.29, 0.717) is 26.2 Å². The maximum Gasteiger partial charge on any atom is 0.333 e. The van der Waals surface area contributed by atoms with Crippen molar-refractivity contribution >= 4 is 18.1 Å². The number of rotatable bonds is 10. The Morgan fingerprint density at radius 1 is 0.886 bits per heavy atom. The third-order valence-corrected chi connectivity index (χ3v) is 6.12. The van der Waals surface area contributed by atoms with E-state index in [9.17, 15) is 9.90 Å². The summed E-state index contributed by atoms with van der Waals surface area (Å²) in [6.07, 6.45) is 3.62. The van der Waals surface area contributed by atoms with Gasteiger partial charge >= 0.3 is 5.97 Å². The first-order chi connectivity index (χ1) is 16.9. The lowest BCUT2D eigenvalue weighted by Gasteiger charge is -2.22. The van der Waals surface area contributed by atoms with Gasteiger partial charge in [-0.1, -0.05) is 71.8 Å². The van der Waals surface area contributed by atoms with Crippen molar-refractivity contribution < 1.29 is 24.1 Å². The SMILES string of the molecule is CCOC(Cc1ccc(OCCOC2c3cc(C)ccc3C=Cc3ccc(C)cc32)cc1)C(=O)O. The fourth-order valence-corrected chi connectivity index (χ4v) is 4.35. The molecule has 0 spiro atoms. The van der Waals surface area contributed by atoms with E-state index in [1.807, 2.05) is 24.3 Å². The van der Waals surface area contributed by atoms with Gasteiger partial charge in [0.15, 0.2) is 6.10 Å². The fourth-order valence-electron chi connectivity index (χ4n) is 4.35. The summed E-state index contributed by atoms with van der Waals surface area (Å²) < 4.78 is 17.6. The van der Waals surface area contributed by atoms with Gasteiger partial charge < -0.3 is 19.3 Å². The first-order valence-corrected chi connectivity index (χ1v) is 12.0. The largest absolute Gasteiger partial charge is 0.491 e. The molecule has 0 aliphatic heterocycles. The Balaban J connectivity index is 1.40. The van der Waals surface area contributed by atoms with Crippen LogP contribution in [0.3, 0.4) is 0 Å². The molecule has 182 valence electrons. The lowest BCUT2D eigenvalue weighted by molar-refractivity contribution is -0.149. The highest BCUT2D eigenvalue weighted by Gasteiger charge is 2.23. The molecule has 5 nitrogen and oxygen atoms in total. The van der Waals surface area contributed by atoms with Crippen LogP contribution in [-0.4, -0.2) is 37.0 Å². The van der Waals surface area contributed by atoms with Crippen LogP contribution >= 0.6 is 0 Å². The summed E-state index contributed by atoms with van der Waals surface area (Å²) in [5.74, 6) is -0.234. The number of fused-ring (bicyclic) bond motifs is 2. The lowest BCUT2D eigenvalue weighted by atomic mass is 9.94. The van der Waals surface area contributed by atoms with E-state index in [-0.39, 0.29) is 6.10 Å². The second kappa shape index (κ2) is 11.3. The van der Waals surface area contributed by atoms with E-state index in [1.54, 1.807) is 6.92 Å². The van der Waals surface area contributed by atoms with Gasteiger partial charge in [0.25, 0.3) is 0 Å². The van der Waals surface area contributed by atoms with Gasteiger partial charge in [-0.25, -0.2) is 4.79 Å². The van der Waals surface area contributed by atoms with Gasteiger partial charge in [-0.15, -0.1) is 0 Å². The van der Waals surface area contributed by atoms with E-state index >= 15 is 0 Å². The predicted octanol–water partition coefficient (Wildman–Crippen LogP) is 6.00. The van der Waals surface area contributed by atoms with E-state index < -0.39 is 12.1 Å². The van der Waals surface area contributed by atoms with Gasteiger partial charge in [0.05, 0.1) is 6.61 Å². The zero-order valence-corrected chi connectivity index (χ0v) is 20.5. The average molecular weight is 473 g/mol. The highest BCUT2D eigenvalue weighted by molar-refractivity contribution is 5.76. The number of carboxylic acid groups (broad SMARTS) is 1. The molecule has 1 N–H and O–H groups in total. The number of carboxylic acids is 1. The highest BCUT2D eigenvalue weighted by Crippen LogP contribution is 2.36. The van der Waals surface area contributed by atoms with Crippen LogP contribution in [0.2, 0.25) is 0 Å². The topological polar surface area (TPSA) is 65.0 Å². The number of aryl methyl sites for hydroxylation is 2. The smallest absolute Gasteiger partial charge is 0.333 e. The molecule has 5 heteroatoms. The molecule has 0 bridgehead atoms. The number of ether oxygens (including phenoxy) is 3. The standard InChI is InChI=1S/C30H32O5/c1-4-33-28(30(31)32)19-22-7-13-25(14-8-22)34-15-16-35-29-26-17-20(2)5-9-23(26)11-12-24-10-6-21(3)18-27(24)29/h5-14,17-18,28-29H,4,15-16,19H2,1-3H3,(H,31,32). The van der Waals surface area contributed by atoms with Gasteiger partial charge in [-0.05, 0) is 60.7 Å². The van der Waals surface area contributed by atoms with Crippen molar-refractivity contribution in [2.45, 2.75) is 39.4 Å². The second-order valence-corrected chi connectivity index (χ2v) is 8.83. The van der Waals surface area contributed by atoms with Crippen LogP contribution in [0.4, 0.5) is 0 Å². The van der Waals surface area contributed by atoms with Crippen molar-refractivity contribution in [2.75, 3.05) is 19.8 Å². The summed E-state index contributed by atoms with van der Waals surface area (Å²) >= 11 is 0. The molecule has 1 atom stereocenters. The fraction of sp³-hybridized carbons (Fsp3) is 0.300. The monoisotopic (exact) mass is 472 g/mol. The Hall–Kier alpha value is -3.41. The molecule has 35 heavy (non-hydrogen) atoms. The summed E-state index contributed by atoms with van der Waals surface area (Å²) in [6, 6.07) is 20.4. The molecule has 1 aliphatic carbocycles. The number of aliphatic carboxylic acids is 1. The highest BCUT2D eigenvalue weighted by atomic mass is 16.5. The van der Waals surface area contributed by atoms with E-state index in [2.05, 4.69) is 62.4 Å². The molecule has 0 amide bonds. The molecule has 4 rings (SSSR count). The van der Waals surface area contributed by atoms with Crippen LogP contribution in [0.15, 0.2) is 60.7 Å². The average Bonchev–Trinajstić information content (AvgIpc) is 2.98. The summed E-state index contributed by atoms with van der Waals surface area (Å²) in [4.78, 5) is 11.3. The van der Waals surface area contributed by atoms with Crippen LogP contribution in [-0.2, 0) is 20.7 Å². The van der Waals surface area contributed by atoms with E-state index in [1.165, 1.54) is 11.1 Å². The molecule has 0 fully saturated rings. The minimum atomic E-state index is -0.952. The number of carbonyl (C=O) groups is 1. The Kier molecular flexibility index (Phi) is 8.01.